The fourth-order valence-electron chi connectivity index (χ4n) is 0.989. The normalized spacial score (nSPS) is 10.4. The average molecular weight is 206 g/mol. The minimum Gasteiger partial charge on any atom is -0.467 e. The Morgan fingerprint density at radius 2 is 2.15 bits per heavy atom. The van der Waals surface area contributed by atoms with Crippen molar-refractivity contribution in [2.45, 2.75) is 6.43 Å². The van der Waals surface area contributed by atoms with Gasteiger partial charge >= 0.3 is 51.4 Å². The number of halogens is 2. The molecular formula is C8H5F2KN2. The van der Waals surface area contributed by atoms with E-state index in [1.165, 1.54) is 4.40 Å². The van der Waals surface area contributed by atoms with Gasteiger partial charge in [0.25, 0.3) is 6.43 Å². The zero-order chi connectivity index (χ0) is 8.55. The fourth-order valence-corrected chi connectivity index (χ4v) is 0.989. The molecule has 0 aliphatic carbocycles. The molecule has 2 rings (SSSR count). The maximum Gasteiger partial charge on any atom is 1.00 e. The summed E-state index contributed by atoms with van der Waals surface area (Å²) < 4.78 is 25.6. The number of hydrogen-bond donors (Lipinski definition) is 0. The van der Waals surface area contributed by atoms with E-state index < -0.39 is 6.43 Å². The number of alkyl halides is 2. The van der Waals surface area contributed by atoms with Gasteiger partial charge in [0.05, 0.1) is 5.69 Å². The van der Waals surface area contributed by atoms with Crippen molar-refractivity contribution in [2.24, 2.45) is 0 Å². The first-order valence-electron chi connectivity index (χ1n) is 3.42. The van der Waals surface area contributed by atoms with Crippen LogP contribution in [-0.4, -0.2) is 9.38 Å². The molecule has 0 saturated carbocycles. The third kappa shape index (κ3) is 2.35. The van der Waals surface area contributed by atoms with E-state index in [1.807, 2.05) is 0 Å². The maximum absolute atomic E-state index is 12.1. The number of aromatic nitrogens is 2. The van der Waals surface area contributed by atoms with Crippen LogP contribution in [0.25, 0.3) is 5.65 Å². The molecule has 0 aliphatic heterocycles. The van der Waals surface area contributed by atoms with Gasteiger partial charge in [-0.15, -0.1) is 6.07 Å². The predicted molar refractivity (Wildman–Crippen MR) is 39.0 cm³/mol. The molecule has 2 aromatic rings. The van der Waals surface area contributed by atoms with Gasteiger partial charge < -0.3 is 9.38 Å². The van der Waals surface area contributed by atoms with Crippen LogP contribution in [0.2, 0.25) is 0 Å². The van der Waals surface area contributed by atoms with E-state index in [9.17, 15) is 8.78 Å². The Labute approximate surface area is 116 Å². The van der Waals surface area contributed by atoms with Gasteiger partial charge in [0.1, 0.15) is 0 Å². The minimum absolute atomic E-state index is 0. The predicted octanol–water partition coefficient (Wildman–Crippen LogP) is -0.924. The standard InChI is InChI=1S/C8H5F2N2.K/c9-8(10)6-5-12-4-2-1-3-7(12)11-6;/h1-4,8H;/q-1;+1. The number of fused-ring (bicyclic) bond motifs is 1. The Kier molecular flexibility index (Phi) is 3.99. The van der Waals surface area contributed by atoms with Crippen LogP contribution in [0.3, 0.4) is 0 Å². The molecule has 0 amide bonds. The van der Waals surface area contributed by atoms with E-state index >= 15 is 0 Å². The summed E-state index contributed by atoms with van der Waals surface area (Å²) >= 11 is 0. The SMILES string of the molecule is FC(F)c1[c-]n2ccccc2n1.[K+]. The summed E-state index contributed by atoms with van der Waals surface area (Å²) in [6.07, 6.45) is 1.53. The molecule has 2 heterocycles. The van der Waals surface area contributed by atoms with E-state index in [1.54, 1.807) is 24.4 Å². The third-order valence-corrected chi connectivity index (χ3v) is 1.52. The second-order valence-electron chi connectivity index (χ2n) is 2.34. The molecular weight excluding hydrogens is 201 g/mol. The number of imidazole rings is 1. The summed E-state index contributed by atoms with van der Waals surface area (Å²) in [7, 11) is 0. The molecule has 0 unspecified atom stereocenters. The van der Waals surface area contributed by atoms with Crippen molar-refractivity contribution in [3.8, 4) is 0 Å². The van der Waals surface area contributed by atoms with Gasteiger partial charge in [-0.3, -0.25) is 0 Å². The number of rotatable bonds is 1. The van der Waals surface area contributed by atoms with Crippen LogP contribution in [0.5, 0.6) is 0 Å². The molecule has 0 spiro atoms. The van der Waals surface area contributed by atoms with Gasteiger partial charge in [-0.2, -0.15) is 0 Å². The average Bonchev–Trinajstić information content (AvgIpc) is 2.46. The molecule has 0 aliphatic rings. The Bertz CT molecular complexity index is 367. The summed E-state index contributed by atoms with van der Waals surface area (Å²) in [5, 5.41) is 0. The first-order chi connectivity index (χ1) is 5.77. The van der Waals surface area contributed by atoms with Gasteiger partial charge in [0.2, 0.25) is 0 Å². The topological polar surface area (TPSA) is 17.3 Å². The smallest absolute Gasteiger partial charge is 0.467 e. The maximum atomic E-state index is 12.1. The fraction of sp³-hybridized carbons (Fsp3) is 0.125. The summed E-state index contributed by atoms with van der Waals surface area (Å²) in [5.41, 5.74) is 0.189. The summed E-state index contributed by atoms with van der Waals surface area (Å²) in [5.74, 6) is 0. The van der Waals surface area contributed by atoms with Crippen molar-refractivity contribution in [1.29, 1.82) is 0 Å². The van der Waals surface area contributed by atoms with Crippen molar-refractivity contribution in [2.75, 3.05) is 0 Å². The minimum atomic E-state index is -2.55. The quantitative estimate of drug-likeness (QED) is 0.435. The van der Waals surface area contributed by atoms with Gasteiger partial charge in [-0.25, -0.2) is 8.78 Å². The van der Waals surface area contributed by atoms with Gasteiger partial charge in [-0.05, 0) is 0 Å². The van der Waals surface area contributed by atoms with Crippen LogP contribution in [0.1, 0.15) is 12.1 Å². The second kappa shape index (κ2) is 4.61. The second-order valence-corrected chi connectivity index (χ2v) is 2.34. The number of hydrogen-bond acceptors (Lipinski definition) is 1. The van der Waals surface area contributed by atoms with Crippen LogP contribution >= 0.6 is 0 Å². The van der Waals surface area contributed by atoms with E-state index in [2.05, 4.69) is 11.2 Å². The Balaban J connectivity index is 0.000000845. The monoisotopic (exact) mass is 206 g/mol. The van der Waals surface area contributed by atoms with Crippen LogP contribution in [0.15, 0.2) is 24.4 Å². The van der Waals surface area contributed by atoms with Crippen LogP contribution in [-0.2, 0) is 0 Å². The Morgan fingerprint density at radius 3 is 2.77 bits per heavy atom. The summed E-state index contributed by atoms with van der Waals surface area (Å²) in [6.45, 7) is 0. The van der Waals surface area contributed by atoms with Gasteiger partial charge in [0, 0.05) is 5.65 Å². The van der Waals surface area contributed by atoms with Crippen molar-refractivity contribution in [1.82, 2.24) is 9.38 Å². The number of pyridine rings is 1. The summed E-state index contributed by atoms with van der Waals surface area (Å²) in [4.78, 5) is 3.67. The van der Waals surface area contributed by atoms with Crippen molar-refractivity contribution < 1.29 is 60.2 Å². The van der Waals surface area contributed by atoms with Crippen LogP contribution in [0, 0.1) is 6.20 Å². The van der Waals surface area contributed by atoms with E-state index in [4.69, 9.17) is 0 Å². The molecule has 2 aromatic heterocycles. The molecule has 0 saturated heterocycles. The molecule has 0 bridgehead atoms. The zero-order valence-electron chi connectivity index (χ0n) is 7.04. The first kappa shape index (κ1) is 11.3. The molecule has 2 nitrogen and oxygen atoms in total. The van der Waals surface area contributed by atoms with Crippen molar-refractivity contribution in [3.63, 3.8) is 0 Å². The van der Waals surface area contributed by atoms with E-state index in [0.29, 0.717) is 5.65 Å². The molecule has 0 N–H and O–H groups in total. The van der Waals surface area contributed by atoms with E-state index in [0.717, 1.165) is 0 Å². The van der Waals surface area contributed by atoms with Crippen molar-refractivity contribution >= 4 is 5.65 Å². The largest absolute Gasteiger partial charge is 1.00 e. The molecule has 0 aromatic carbocycles. The molecule has 62 valence electrons. The molecule has 13 heavy (non-hydrogen) atoms. The first-order valence-corrected chi connectivity index (χ1v) is 3.42. The van der Waals surface area contributed by atoms with Gasteiger partial charge in [-0.1, -0.05) is 24.5 Å². The van der Waals surface area contributed by atoms with Crippen molar-refractivity contribution in [3.05, 3.63) is 36.3 Å². The molecule has 0 fully saturated rings. The Hall–Kier alpha value is 0.186. The Morgan fingerprint density at radius 1 is 1.38 bits per heavy atom. The zero-order valence-corrected chi connectivity index (χ0v) is 10.2. The van der Waals surface area contributed by atoms with Crippen LogP contribution < -0.4 is 51.4 Å². The van der Waals surface area contributed by atoms with Gasteiger partial charge in [0.15, 0.2) is 0 Å². The van der Waals surface area contributed by atoms with E-state index in [-0.39, 0.29) is 57.1 Å². The third-order valence-electron chi connectivity index (χ3n) is 1.52. The molecule has 5 heteroatoms. The molecule has 0 radical (unpaired) electrons. The number of nitrogens with zero attached hydrogens (tertiary/aromatic N) is 2. The van der Waals surface area contributed by atoms with Crippen LogP contribution in [0.4, 0.5) is 8.78 Å². The summed E-state index contributed by atoms with van der Waals surface area (Å²) in [6, 6.07) is 5.13. The molecule has 0 atom stereocenters.